The first-order valence-corrected chi connectivity index (χ1v) is 8.82. The van der Waals surface area contributed by atoms with Gasteiger partial charge in [-0.05, 0) is 18.6 Å². The van der Waals surface area contributed by atoms with E-state index in [4.69, 9.17) is 4.74 Å². The monoisotopic (exact) mass is 348 g/mol. The molecule has 7 nitrogen and oxygen atoms in total. The van der Waals surface area contributed by atoms with Crippen molar-refractivity contribution in [1.29, 1.82) is 0 Å². The number of para-hydroxylation sites is 2. The molecule has 1 aliphatic heterocycles. The van der Waals surface area contributed by atoms with Gasteiger partial charge < -0.3 is 20.3 Å². The molecule has 1 aromatic rings. The lowest BCUT2D eigenvalue weighted by Crippen LogP contribution is -2.49. The number of benzene rings is 1. The summed E-state index contributed by atoms with van der Waals surface area (Å²) < 4.78 is 5.43. The molecule has 138 valence electrons. The average molecular weight is 348 g/mol. The number of anilines is 1. The van der Waals surface area contributed by atoms with Gasteiger partial charge in [0.25, 0.3) is 0 Å². The topological polar surface area (TPSA) is 73.9 Å². The van der Waals surface area contributed by atoms with Gasteiger partial charge in [-0.15, -0.1) is 0 Å². The molecule has 0 bridgehead atoms. The van der Waals surface area contributed by atoms with Crippen LogP contribution in [0, 0.1) is 0 Å². The number of hydrogen-bond donors (Lipinski definition) is 2. The Morgan fingerprint density at radius 3 is 2.32 bits per heavy atom. The summed E-state index contributed by atoms with van der Waals surface area (Å²) in [6.45, 7) is 7.34. The fourth-order valence-electron chi connectivity index (χ4n) is 2.83. The molecule has 0 aromatic heterocycles. The Kier molecular flexibility index (Phi) is 7.53. The molecule has 0 spiro atoms. The summed E-state index contributed by atoms with van der Waals surface area (Å²) in [5.41, 5.74) is 1.12. The Hall–Kier alpha value is -2.28. The molecule has 2 amide bonds. The molecule has 1 fully saturated rings. The number of piperazine rings is 1. The quantitative estimate of drug-likeness (QED) is 0.701. The Morgan fingerprint density at radius 2 is 1.68 bits per heavy atom. The van der Waals surface area contributed by atoms with Crippen LogP contribution in [0.3, 0.4) is 0 Å². The molecule has 0 radical (unpaired) electrons. The van der Waals surface area contributed by atoms with Gasteiger partial charge in [-0.2, -0.15) is 0 Å². The van der Waals surface area contributed by atoms with Crippen LogP contribution in [0.25, 0.3) is 0 Å². The highest BCUT2D eigenvalue weighted by molar-refractivity contribution is 6.35. The summed E-state index contributed by atoms with van der Waals surface area (Å²) in [6.07, 6.45) is 0.815. The van der Waals surface area contributed by atoms with E-state index in [9.17, 15) is 9.59 Å². The normalized spacial score (nSPS) is 14.9. The summed E-state index contributed by atoms with van der Waals surface area (Å²) in [4.78, 5) is 27.7. The minimum Gasteiger partial charge on any atom is -0.495 e. The van der Waals surface area contributed by atoms with Gasteiger partial charge in [0.1, 0.15) is 5.75 Å². The van der Waals surface area contributed by atoms with Crippen LogP contribution < -0.4 is 20.3 Å². The summed E-state index contributed by atoms with van der Waals surface area (Å²) in [5, 5.41) is 5.25. The number of rotatable bonds is 7. The number of hydrogen-bond acceptors (Lipinski definition) is 5. The van der Waals surface area contributed by atoms with E-state index in [2.05, 4.69) is 26.5 Å². The van der Waals surface area contributed by atoms with Gasteiger partial charge in [-0.25, -0.2) is 0 Å². The largest absolute Gasteiger partial charge is 0.495 e. The van der Waals surface area contributed by atoms with Gasteiger partial charge >= 0.3 is 11.8 Å². The highest BCUT2D eigenvalue weighted by Crippen LogP contribution is 2.28. The number of methoxy groups -OCH3 is 1. The maximum absolute atomic E-state index is 11.6. The van der Waals surface area contributed by atoms with E-state index < -0.39 is 11.8 Å². The van der Waals surface area contributed by atoms with Gasteiger partial charge in [0.05, 0.1) is 12.8 Å². The number of nitrogens with zero attached hydrogens (tertiary/aromatic N) is 2. The first-order chi connectivity index (χ1) is 12.2. The van der Waals surface area contributed by atoms with Crippen molar-refractivity contribution in [3.05, 3.63) is 24.3 Å². The highest BCUT2D eigenvalue weighted by Gasteiger charge is 2.19. The molecule has 1 heterocycles. The summed E-state index contributed by atoms with van der Waals surface area (Å²) in [7, 11) is 1.69. The van der Waals surface area contributed by atoms with Crippen molar-refractivity contribution in [1.82, 2.24) is 15.5 Å². The van der Waals surface area contributed by atoms with E-state index in [0.29, 0.717) is 13.1 Å². The van der Waals surface area contributed by atoms with Crippen molar-refractivity contribution in [2.24, 2.45) is 0 Å². The van der Waals surface area contributed by atoms with Gasteiger partial charge in [0.15, 0.2) is 0 Å². The Bertz CT molecular complexity index is 571. The average Bonchev–Trinajstić information content (AvgIpc) is 2.66. The summed E-state index contributed by atoms with van der Waals surface area (Å²) >= 11 is 0. The molecule has 0 aliphatic carbocycles. The van der Waals surface area contributed by atoms with Crippen LogP contribution >= 0.6 is 0 Å². The molecule has 1 aliphatic rings. The third kappa shape index (κ3) is 5.63. The molecule has 0 unspecified atom stereocenters. The molecule has 2 rings (SSSR count). The minimum absolute atomic E-state index is 0.479. The molecule has 2 N–H and O–H groups in total. The third-order valence-corrected chi connectivity index (χ3v) is 4.25. The second-order valence-corrected chi connectivity index (χ2v) is 6.01. The highest BCUT2D eigenvalue weighted by atomic mass is 16.5. The van der Waals surface area contributed by atoms with Crippen LogP contribution in [0.5, 0.6) is 5.75 Å². The number of nitrogens with one attached hydrogen (secondary N) is 2. The maximum atomic E-state index is 11.6. The molecule has 0 atom stereocenters. The second kappa shape index (κ2) is 9.88. The van der Waals surface area contributed by atoms with E-state index in [1.807, 2.05) is 25.1 Å². The van der Waals surface area contributed by atoms with Gasteiger partial charge in [-0.3, -0.25) is 14.5 Å². The van der Waals surface area contributed by atoms with E-state index in [-0.39, 0.29) is 0 Å². The molecular weight excluding hydrogens is 320 g/mol. The number of amides is 2. The third-order valence-electron chi connectivity index (χ3n) is 4.25. The van der Waals surface area contributed by atoms with Crippen LogP contribution in [-0.2, 0) is 9.59 Å². The predicted molar refractivity (Wildman–Crippen MR) is 98.0 cm³/mol. The Balaban J connectivity index is 1.70. The van der Waals surface area contributed by atoms with Gasteiger partial charge in [0.2, 0.25) is 0 Å². The number of carbonyl (C=O) groups excluding carboxylic acids is 2. The number of ether oxygens (including phenoxy) is 1. The van der Waals surface area contributed by atoms with Gasteiger partial charge in [0, 0.05) is 45.8 Å². The first kappa shape index (κ1) is 19.1. The van der Waals surface area contributed by atoms with Crippen LogP contribution in [0.2, 0.25) is 0 Å². The molecular formula is C18H28N4O3. The van der Waals surface area contributed by atoms with Crippen molar-refractivity contribution < 1.29 is 14.3 Å². The molecule has 0 saturated carbocycles. The minimum atomic E-state index is -0.555. The van der Waals surface area contributed by atoms with Crippen molar-refractivity contribution in [3.8, 4) is 5.75 Å². The predicted octanol–water partition coefficient (Wildman–Crippen LogP) is 0.460. The van der Waals surface area contributed by atoms with Crippen molar-refractivity contribution in [2.45, 2.75) is 13.3 Å². The molecule has 7 heteroatoms. The fourth-order valence-corrected chi connectivity index (χ4v) is 2.83. The smallest absolute Gasteiger partial charge is 0.309 e. The summed E-state index contributed by atoms with van der Waals surface area (Å²) in [6, 6.07) is 8.03. The van der Waals surface area contributed by atoms with Crippen LogP contribution in [0.1, 0.15) is 13.3 Å². The lowest BCUT2D eigenvalue weighted by atomic mass is 10.2. The Labute approximate surface area is 149 Å². The van der Waals surface area contributed by atoms with Crippen molar-refractivity contribution in [3.63, 3.8) is 0 Å². The second-order valence-electron chi connectivity index (χ2n) is 6.01. The molecule has 25 heavy (non-hydrogen) atoms. The summed E-state index contributed by atoms with van der Waals surface area (Å²) in [5.74, 6) is -0.217. The molecule has 1 aromatic carbocycles. The zero-order chi connectivity index (χ0) is 18.1. The van der Waals surface area contributed by atoms with Crippen molar-refractivity contribution in [2.75, 3.05) is 57.8 Å². The zero-order valence-corrected chi connectivity index (χ0v) is 15.1. The number of carbonyl (C=O) groups is 2. The van der Waals surface area contributed by atoms with E-state index in [0.717, 1.165) is 50.6 Å². The van der Waals surface area contributed by atoms with Crippen LogP contribution in [0.15, 0.2) is 24.3 Å². The lowest BCUT2D eigenvalue weighted by molar-refractivity contribution is -0.139. The molecule has 1 saturated heterocycles. The maximum Gasteiger partial charge on any atom is 0.309 e. The van der Waals surface area contributed by atoms with E-state index in [1.165, 1.54) is 0 Å². The zero-order valence-electron chi connectivity index (χ0n) is 15.1. The van der Waals surface area contributed by atoms with Gasteiger partial charge in [-0.1, -0.05) is 19.1 Å². The van der Waals surface area contributed by atoms with Crippen molar-refractivity contribution >= 4 is 17.5 Å². The Morgan fingerprint density at radius 1 is 1.04 bits per heavy atom. The SMILES string of the molecule is CCCNC(=O)C(=O)NCCN1CCN(c2ccccc2OC)CC1. The standard InChI is InChI=1S/C18H28N4O3/c1-3-8-19-17(23)18(24)20-9-10-21-11-13-22(14-12-21)15-6-4-5-7-16(15)25-2/h4-7H,3,8-14H2,1-2H3,(H,19,23)(H,20,24). The fraction of sp³-hybridized carbons (Fsp3) is 0.556. The lowest BCUT2D eigenvalue weighted by Gasteiger charge is -2.36. The van der Waals surface area contributed by atoms with Crippen LogP contribution in [-0.4, -0.2) is 69.6 Å². The van der Waals surface area contributed by atoms with E-state index >= 15 is 0 Å². The van der Waals surface area contributed by atoms with E-state index in [1.54, 1.807) is 7.11 Å². The van der Waals surface area contributed by atoms with Crippen LogP contribution in [0.4, 0.5) is 5.69 Å². The first-order valence-electron chi connectivity index (χ1n) is 8.82.